The Kier molecular flexibility index (Phi) is 4.27. The fourth-order valence-electron chi connectivity index (χ4n) is 2.25. The van der Waals surface area contributed by atoms with Crippen LogP contribution in [-0.2, 0) is 4.74 Å². The molecule has 1 aliphatic heterocycles. The maximum Gasteiger partial charge on any atom is 0.255 e. The predicted octanol–water partition coefficient (Wildman–Crippen LogP) is 1.43. The number of rotatable bonds is 4. The van der Waals surface area contributed by atoms with Gasteiger partial charge >= 0.3 is 0 Å². The van der Waals surface area contributed by atoms with Gasteiger partial charge in [-0.15, -0.1) is 0 Å². The highest BCUT2D eigenvalue weighted by Crippen LogP contribution is 2.22. The smallest absolute Gasteiger partial charge is 0.255 e. The number of nitrogen functional groups attached to an aromatic ring is 1. The molecular formula is C14H20N2O3. The van der Waals surface area contributed by atoms with Crippen LogP contribution in [0.5, 0.6) is 5.75 Å². The molecule has 3 N–H and O–H groups in total. The first kappa shape index (κ1) is 13.7. The van der Waals surface area contributed by atoms with Crippen LogP contribution in [0.2, 0.25) is 0 Å². The van der Waals surface area contributed by atoms with Gasteiger partial charge in [-0.3, -0.25) is 4.79 Å². The second kappa shape index (κ2) is 5.93. The van der Waals surface area contributed by atoms with Crippen molar-refractivity contribution in [2.45, 2.75) is 19.4 Å². The molecule has 0 radical (unpaired) electrons. The molecule has 104 valence electrons. The summed E-state index contributed by atoms with van der Waals surface area (Å²) in [6.07, 6.45) is 0.982. The lowest BCUT2D eigenvalue weighted by atomic mass is 10.0. The van der Waals surface area contributed by atoms with Gasteiger partial charge in [0.2, 0.25) is 0 Å². The highest BCUT2D eigenvalue weighted by Gasteiger charge is 2.24. The van der Waals surface area contributed by atoms with Crippen molar-refractivity contribution in [3.63, 3.8) is 0 Å². The SMILES string of the molecule is COc1ccc(N)cc1C(=O)NC(C)C1CCOC1. The fourth-order valence-corrected chi connectivity index (χ4v) is 2.25. The summed E-state index contributed by atoms with van der Waals surface area (Å²) in [6, 6.07) is 5.12. The lowest BCUT2D eigenvalue weighted by molar-refractivity contribution is 0.0919. The molecule has 1 aromatic carbocycles. The highest BCUT2D eigenvalue weighted by atomic mass is 16.5. The zero-order valence-electron chi connectivity index (χ0n) is 11.3. The van der Waals surface area contributed by atoms with Crippen LogP contribution in [0.25, 0.3) is 0 Å². The summed E-state index contributed by atoms with van der Waals surface area (Å²) in [4.78, 5) is 12.3. The van der Waals surface area contributed by atoms with Crippen molar-refractivity contribution in [2.75, 3.05) is 26.1 Å². The second-order valence-corrected chi connectivity index (χ2v) is 4.85. The van der Waals surface area contributed by atoms with Crippen LogP contribution in [0.3, 0.4) is 0 Å². The minimum atomic E-state index is -0.163. The van der Waals surface area contributed by atoms with Gasteiger partial charge in [0.1, 0.15) is 5.75 Å². The molecular weight excluding hydrogens is 244 g/mol. The lowest BCUT2D eigenvalue weighted by Crippen LogP contribution is -2.38. The second-order valence-electron chi connectivity index (χ2n) is 4.85. The Balaban J connectivity index is 2.08. The topological polar surface area (TPSA) is 73.6 Å². The van der Waals surface area contributed by atoms with E-state index in [0.717, 1.165) is 13.0 Å². The largest absolute Gasteiger partial charge is 0.496 e. The predicted molar refractivity (Wildman–Crippen MR) is 73.3 cm³/mol. The summed E-state index contributed by atoms with van der Waals surface area (Å²) in [5, 5.41) is 2.99. The molecule has 1 fully saturated rings. The third kappa shape index (κ3) is 3.17. The van der Waals surface area contributed by atoms with Crippen molar-refractivity contribution in [3.8, 4) is 5.75 Å². The van der Waals surface area contributed by atoms with Crippen molar-refractivity contribution >= 4 is 11.6 Å². The molecule has 0 bridgehead atoms. The summed E-state index contributed by atoms with van der Waals surface area (Å²) < 4.78 is 10.5. The summed E-state index contributed by atoms with van der Waals surface area (Å²) in [5.41, 5.74) is 6.73. The molecule has 0 saturated carbocycles. The number of amides is 1. The molecule has 1 aliphatic rings. The third-order valence-electron chi connectivity index (χ3n) is 3.50. The standard InChI is InChI=1S/C14H20N2O3/c1-9(10-5-6-19-8-10)16-14(17)12-7-11(15)3-4-13(12)18-2/h3-4,7,9-10H,5-6,8,15H2,1-2H3,(H,16,17). The molecule has 0 aromatic heterocycles. The zero-order valence-corrected chi connectivity index (χ0v) is 11.3. The van der Waals surface area contributed by atoms with Gasteiger partial charge in [-0.25, -0.2) is 0 Å². The molecule has 1 saturated heterocycles. The van der Waals surface area contributed by atoms with E-state index in [1.807, 2.05) is 6.92 Å². The van der Waals surface area contributed by atoms with E-state index in [1.54, 1.807) is 18.2 Å². The summed E-state index contributed by atoms with van der Waals surface area (Å²) in [5.74, 6) is 0.737. The number of nitrogens with one attached hydrogen (secondary N) is 1. The Morgan fingerprint density at radius 3 is 3.00 bits per heavy atom. The third-order valence-corrected chi connectivity index (χ3v) is 3.50. The quantitative estimate of drug-likeness (QED) is 0.807. The monoisotopic (exact) mass is 264 g/mol. The minimum Gasteiger partial charge on any atom is -0.496 e. The van der Waals surface area contributed by atoms with Crippen molar-refractivity contribution in [3.05, 3.63) is 23.8 Å². The van der Waals surface area contributed by atoms with Gasteiger partial charge in [-0.05, 0) is 31.5 Å². The van der Waals surface area contributed by atoms with Gasteiger partial charge < -0.3 is 20.5 Å². The van der Waals surface area contributed by atoms with Crippen LogP contribution in [-0.4, -0.2) is 32.3 Å². The van der Waals surface area contributed by atoms with Gasteiger partial charge in [0.25, 0.3) is 5.91 Å². The van der Waals surface area contributed by atoms with E-state index < -0.39 is 0 Å². The Hall–Kier alpha value is -1.75. The maximum absolute atomic E-state index is 12.3. The van der Waals surface area contributed by atoms with Crippen LogP contribution in [0, 0.1) is 5.92 Å². The normalized spacial score (nSPS) is 20.0. The summed E-state index contributed by atoms with van der Waals surface area (Å²) >= 11 is 0. The minimum absolute atomic E-state index is 0.0705. The maximum atomic E-state index is 12.3. The Labute approximate surface area is 113 Å². The van der Waals surface area contributed by atoms with Crippen LogP contribution >= 0.6 is 0 Å². The number of anilines is 1. The van der Waals surface area contributed by atoms with E-state index in [4.69, 9.17) is 15.2 Å². The van der Waals surface area contributed by atoms with Crippen molar-refractivity contribution in [1.82, 2.24) is 5.32 Å². The van der Waals surface area contributed by atoms with Gasteiger partial charge in [0.15, 0.2) is 0 Å². The molecule has 2 atom stereocenters. The average Bonchev–Trinajstić information content (AvgIpc) is 2.92. The first-order chi connectivity index (χ1) is 9.11. The van der Waals surface area contributed by atoms with Crippen LogP contribution in [0.1, 0.15) is 23.7 Å². The van der Waals surface area contributed by atoms with Gasteiger partial charge in [0, 0.05) is 24.3 Å². The Morgan fingerprint density at radius 1 is 1.58 bits per heavy atom. The summed E-state index contributed by atoms with van der Waals surface area (Å²) in [6.45, 7) is 3.47. The molecule has 1 heterocycles. The molecule has 2 rings (SSSR count). The number of carbonyl (C=O) groups excluding carboxylic acids is 1. The molecule has 2 unspecified atom stereocenters. The average molecular weight is 264 g/mol. The number of methoxy groups -OCH3 is 1. The van der Waals surface area contributed by atoms with Gasteiger partial charge in [-0.2, -0.15) is 0 Å². The van der Waals surface area contributed by atoms with Gasteiger partial charge in [-0.1, -0.05) is 0 Å². The van der Waals surface area contributed by atoms with Crippen molar-refractivity contribution in [2.24, 2.45) is 5.92 Å². The first-order valence-electron chi connectivity index (χ1n) is 6.44. The van der Waals surface area contributed by atoms with E-state index in [1.165, 1.54) is 7.11 Å². The molecule has 0 aliphatic carbocycles. The number of hydrogen-bond acceptors (Lipinski definition) is 4. The van der Waals surface area contributed by atoms with E-state index in [9.17, 15) is 4.79 Å². The van der Waals surface area contributed by atoms with E-state index in [2.05, 4.69) is 5.32 Å². The molecule has 19 heavy (non-hydrogen) atoms. The summed E-state index contributed by atoms with van der Waals surface area (Å²) in [7, 11) is 1.54. The lowest BCUT2D eigenvalue weighted by Gasteiger charge is -2.20. The molecule has 1 aromatic rings. The Morgan fingerprint density at radius 2 is 2.37 bits per heavy atom. The van der Waals surface area contributed by atoms with E-state index in [-0.39, 0.29) is 11.9 Å². The first-order valence-corrected chi connectivity index (χ1v) is 6.44. The highest BCUT2D eigenvalue weighted by molar-refractivity contribution is 5.98. The molecule has 1 amide bonds. The zero-order chi connectivity index (χ0) is 13.8. The molecule has 5 nitrogen and oxygen atoms in total. The number of carbonyl (C=O) groups is 1. The van der Waals surface area contributed by atoms with Crippen molar-refractivity contribution in [1.29, 1.82) is 0 Å². The number of ether oxygens (including phenoxy) is 2. The van der Waals surface area contributed by atoms with Crippen LogP contribution in [0.15, 0.2) is 18.2 Å². The van der Waals surface area contributed by atoms with Gasteiger partial charge in [0.05, 0.1) is 19.3 Å². The van der Waals surface area contributed by atoms with E-state index >= 15 is 0 Å². The number of benzene rings is 1. The fraction of sp³-hybridized carbons (Fsp3) is 0.500. The van der Waals surface area contributed by atoms with Crippen LogP contribution < -0.4 is 15.8 Å². The van der Waals surface area contributed by atoms with E-state index in [0.29, 0.717) is 29.5 Å². The number of nitrogens with two attached hydrogens (primary N) is 1. The van der Waals surface area contributed by atoms with Crippen molar-refractivity contribution < 1.29 is 14.3 Å². The van der Waals surface area contributed by atoms with Crippen LogP contribution in [0.4, 0.5) is 5.69 Å². The number of hydrogen-bond donors (Lipinski definition) is 2. The molecule has 5 heteroatoms. The molecule has 0 spiro atoms. The Bertz CT molecular complexity index is 456.